The average Bonchev–Trinajstić information content (AvgIpc) is 3.20. The number of rotatable bonds is 9. The summed E-state index contributed by atoms with van der Waals surface area (Å²) in [5.41, 5.74) is -0.392. The second-order valence-corrected chi connectivity index (χ2v) is 9.76. The predicted molar refractivity (Wildman–Crippen MR) is 139 cm³/mol. The molecule has 3 rings (SSSR count). The molecule has 0 fully saturated rings. The van der Waals surface area contributed by atoms with Gasteiger partial charge in [0.2, 0.25) is 5.91 Å². The maximum absolute atomic E-state index is 13.1. The molecule has 3 aromatic rings. The van der Waals surface area contributed by atoms with E-state index in [1.165, 1.54) is 32.0 Å². The predicted octanol–water partition coefficient (Wildman–Crippen LogP) is 3.79. The van der Waals surface area contributed by atoms with Crippen molar-refractivity contribution in [2.75, 3.05) is 6.61 Å². The number of ether oxygens (including phenoxy) is 2. The van der Waals surface area contributed by atoms with Crippen LogP contribution in [-0.4, -0.2) is 44.6 Å². The van der Waals surface area contributed by atoms with Crippen LogP contribution in [-0.2, 0) is 20.9 Å². The number of aliphatic imine (C=N–C) groups is 1. The van der Waals surface area contributed by atoms with Crippen LogP contribution < -0.4 is 10.4 Å². The van der Waals surface area contributed by atoms with Crippen LogP contribution in [0.3, 0.4) is 0 Å². The fourth-order valence-electron chi connectivity index (χ4n) is 3.25. The summed E-state index contributed by atoms with van der Waals surface area (Å²) in [6, 6.07) is 13.0. The van der Waals surface area contributed by atoms with Crippen molar-refractivity contribution in [1.82, 2.24) is 15.3 Å². The summed E-state index contributed by atoms with van der Waals surface area (Å²) in [5, 5.41) is 26.2. The lowest BCUT2D eigenvalue weighted by molar-refractivity contribution is -0.384. The molecule has 0 saturated carbocycles. The summed E-state index contributed by atoms with van der Waals surface area (Å²) in [6.45, 7) is 8.46. The number of nitro groups is 1. The number of nitrogens with one attached hydrogen (secondary N) is 2. The van der Waals surface area contributed by atoms with Gasteiger partial charge in [-0.3, -0.25) is 19.9 Å². The van der Waals surface area contributed by atoms with E-state index in [9.17, 15) is 20.0 Å². The van der Waals surface area contributed by atoms with Gasteiger partial charge in [0, 0.05) is 17.7 Å². The zero-order valence-electron chi connectivity index (χ0n) is 20.9. The fraction of sp³-hybridized carbons (Fsp3) is 0.423. The molecule has 0 aliphatic carbocycles. The monoisotopic (exact) mass is 512 g/mol. The average molecular weight is 513 g/mol. The highest BCUT2D eigenvalue weighted by molar-refractivity contribution is 5.88. The molecule has 0 spiro atoms. The number of non-ortho nitro benzene ring substituents is 1. The third kappa shape index (κ3) is 8.28. The molecule has 1 atom stereocenters. The van der Waals surface area contributed by atoms with Gasteiger partial charge in [-0.05, 0) is 25.5 Å². The summed E-state index contributed by atoms with van der Waals surface area (Å²) >= 11 is 0. The van der Waals surface area contributed by atoms with Gasteiger partial charge in [0.25, 0.3) is 5.69 Å². The number of nitrogens with zero attached hydrogens (tertiary/aromatic N) is 3. The number of carbonyl (C=O) groups is 1. The second kappa shape index (κ2) is 11.8. The molecule has 1 aromatic heterocycles. The number of fused-ring (bicyclic) bond motifs is 1. The molecule has 0 aliphatic heterocycles. The first kappa shape index (κ1) is 29.2. The Balaban J connectivity index is 0.00000481. The topological polar surface area (TPSA) is 155 Å². The second-order valence-electron chi connectivity index (χ2n) is 9.76. The van der Waals surface area contributed by atoms with Gasteiger partial charge >= 0.3 is 0 Å². The van der Waals surface area contributed by atoms with Crippen LogP contribution in [0, 0.1) is 10.1 Å². The van der Waals surface area contributed by atoms with Crippen molar-refractivity contribution in [3.05, 3.63) is 70.0 Å². The minimum atomic E-state index is -1.44. The van der Waals surface area contributed by atoms with Crippen LogP contribution in [0.1, 0.15) is 59.5 Å². The number of amides is 1. The number of hydrogen-bond acceptors (Lipinski definition) is 8. The number of aromatic amines is 1. The van der Waals surface area contributed by atoms with E-state index in [1.54, 1.807) is 20.8 Å². The van der Waals surface area contributed by atoms with Crippen LogP contribution >= 0.6 is 0 Å². The number of aromatic nitrogens is 2. The smallest absolute Gasteiger partial charge is 0.271 e. The highest BCUT2D eigenvalue weighted by Crippen LogP contribution is 2.23. The third-order valence-corrected chi connectivity index (χ3v) is 5.05. The molecule has 37 heavy (non-hydrogen) atoms. The molecule has 1 heterocycles. The van der Waals surface area contributed by atoms with Crippen molar-refractivity contribution in [2.24, 2.45) is 4.99 Å². The van der Waals surface area contributed by atoms with E-state index in [2.05, 4.69) is 20.3 Å². The molecule has 11 heteroatoms. The Bertz CT molecular complexity index is 1250. The van der Waals surface area contributed by atoms with E-state index in [4.69, 9.17) is 9.47 Å². The summed E-state index contributed by atoms with van der Waals surface area (Å²) in [6.07, 6.45) is -0.851. The lowest BCUT2D eigenvalue weighted by Crippen LogP contribution is -2.46. The first-order chi connectivity index (χ1) is 16.8. The Kier molecular flexibility index (Phi) is 9.35. The summed E-state index contributed by atoms with van der Waals surface area (Å²) in [5.74, 6) is -0.201. The Labute approximate surface area is 216 Å². The number of H-pyrrole nitrogens is 1. The van der Waals surface area contributed by atoms with Gasteiger partial charge in [-0.2, -0.15) is 0 Å². The number of benzene rings is 2. The number of carbonyl (C=O) groups excluding carboxylic acids is 1. The van der Waals surface area contributed by atoms with Gasteiger partial charge in [0.1, 0.15) is 23.5 Å². The first-order valence-corrected chi connectivity index (χ1v) is 11.4. The normalized spacial score (nSPS) is 13.1. The maximum Gasteiger partial charge on any atom is 0.271 e. The highest BCUT2D eigenvalue weighted by Gasteiger charge is 2.31. The van der Waals surface area contributed by atoms with Gasteiger partial charge in [0.05, 0.1) is 29.2 Å². The lowest BCUT2D eigenvalue weighted by Gasteiger charge is -2.32. The van der Waals surface area contributed by atoms with Gasteiger partial charge in [-0.1, -0.05) is 58.5 Å². The fourth-order valence-corrected chi connectivity index (χ4v) is 3.25. The Morgan fingerprint density at radius 2 is 1.84 bits per heavy atom. The zero-order valence-corrected chi connectivity index (χ0v) is 20.9. The van der Waals surface area contributed by atoms with Crippen molar-refractivity contribution < 1.29 is 24.3 Å². The molecular formula is C26H34N5O6-. The first-order valence-electron chi connectivity index (χ1n) is 11.4. The van der Waals surface area contributed by atoms with Gasteiger partial charge in [-0.25, -0.2) is 4.98 Å². The molecule has 1 amide bonds. The Hall–Kier alpha value is -3.99. The third-order valence-electron chi connectivity index (χ3n) is 5.05. The summed E-state index contributed by atoms with van der Waals surface area (Å²) in [4.78, 5) is 35.2. The summed E-state index contributed by atoms with van der Waals surface area (Å²) in [7, 11) is 0. The van der Waals surface area contributed by atoms with Crippen LogP contribution in [0.4, 0.5) is 5.69 Å². The van der Waals surface area contributed by atoms with E-state index >= 15 is 0 Å². The van der Waals surface area contributed by atoms with Crippen molar-refractivity contribution >= 4 is 28.7 Å². The van der Waals surface area contributed by atoms with Crippen LogP contribution in [0.2, 0.25) is 0 Å². The molecular weight excluding hydrogens is 478 g/mol. The van der Waals surface area contributed by atoms with Crippen molar-refractivity contribution in [1.29, 1.82) is 0 Å². The van der Waals surface area contributed by atoms with E-state index < -0.39 is 34.1 Å². The highest BCUT2D eigenvalue weighted by atomic mass is 16.6. The SMILES string of the molecule is C.CC(C)(C)OC([O-])=NC(C)(C)C(=O)N[C@H](COCc1ccccc1)c1nc2ccc([N+](=O)[O-])cc2[nH]1. The van der Waals surface area contributed by atoms with Crippen LogP contribution in [0.5, 0.6) is 0 Å². The van der Waals surface area contributed by atoms with Gasteiger partial charge in [0.15, 0.2) is 0 Å². The number of imidazole rings is 1. The minimum absolute atomic E-state index is 0. The van der Waals surface area contributed by atoms with Crippen molar-refractivity contribution in [3.63, 3.8) is 0 Å². The number of hydrogen-bond donors (Lipinski definition) is 2. The van der Waals surface area contributed by atoms with Crippen molar-refractivity contribution in [2.45, 2.75) is 65.8 Å². The molecule has 200 valence electrons. The van der Waals surface area contributed by atoms with Crippen LogP contribution in [0.15, 0.2) is 53.5 Å². The Morgan fingerprint density at radius 1 is 1.16 bits per heavy atom. The molecule has 0 aliphatic rings. The van der Waals surface area contributed by atoms with E-state index in [0.717, 1.165) is 5.56 Å². The van der Waals surface area contributed by atoms with Gasteiger partial charge < -0.3 is 24.9 Å². The van der Waals surface area contributed by atoms with E-state index in [1.807, 2.05) is 30.3 Å². The van der Waals surface area contributed by atoms with E-state index in [0.29, 0.717) is 23.5 Å². The number of nitro benzene ring substituents is 1. The van der Waals surface area contributed by atoms with E-state index in [-0.39, 0.29) is 19.7 Å². The largest absolute Gasteiger partial charge is 0.595 e. The van der Waals surface area contributed by atoms with Crippen molar-refractivity contribution in [3.8, 4) is 0 Å². The van der Waals surface area contributed by atoms with Crippen LogP contribution in [0.25, 0.3) is 11.0 Å². The maximum atomic E-state index is 13.1. The Morgan fingerprint density at radius 3 is 2.46 bits per heavy atom. The molecule has 0 radical (unpaired) electrons. The zero-order chi connectivity index (χ0) is 26.5. The molecule has 0 unspecified atom stereocenters. The van der Waals surface area contributed by atoms with Gasteiger partial charge in [-0.15, -0.1) is 0 Å². The standard InChI is InChI=1S/C25H31N5O6.CH4/c1-24(2,3)36-23(32)29-25(4,5)22(31)28-20(15-35-14-16-9-7-6-8-10-16)21-26-18-12-11-17(30(33)34)13-19(18)27-21;/h6-13,20H,14-15H2,1-5H3,(H,26,27)(H,28,31)(H,29,32);1H4/p-1/t20-;/m1./s1. The summed E-state index contributed by atoms with van der Waals surface area (Å²) < 4.78 is 11.1. The molecule has 0 bridgehead atoms. The lowest BCUT2D eigenvalue weighted by atomic mass is 10.1. The molecule has 11 nitrogen and oxygen atoms in total. The molecule has 2 aromatic carbocycles. The minimum Gasteiger partial charge on any atom is -0.595 e. The quantitative estimate of drug-likeness (QED) is 0.191. The molecule has 0 saturated heterocycles. The molecule has 2 N–H and O–H groups in total.